The van der Waals surface area contributed by atoms with Gasteiger partial charge < -0.3 is 0 Å². The van der Waals surface area contributed by atoms with Gasteiger partial charge in [-0.2, -0.15) is 5.10 Å². The predicted octanol–water partition coefficient (Wildman–Crippen LogP) is 4.56. The van der Waals surface area contributed by atoms with Gasteiger partial charge >= 0.3 is 0 Å². The Bertz CT molecular complexity index is 883. The van der Waals surface area contributed by atoms with Crippen LogP contribution in [0.3, 0.4) is 0 Å². The number of benzene rings is 2. The van der Waals surface area contributed by atoms with Crippen molar-refractivity contribution in [3.8, 4) is 0 Å². The van der Waals surface area contributed by atoms with Crippen LogP contribution in [-0.2, 0) is 5.41 Å². The molecule has 1 N–H and O–H groups in total. The van der Waals surface area contributed by atoms with Crippen LogP contribution in [0.25, 0.3) is 0 Å². The molecule has 0 spiro atoms. The Morgan fingerprint density at radius 1 is 0.852 bits per heavy atom. The second-order valence-electron chi connectivity index (χ2n) is 7.31. The predicted molar refractivity (Wildman–Crippen MR) is 109 cm³/mol. The summed E-state index contributed by atoms with van der Waals surface area (Å²) in [6.07, 6.45) is 1.71. The van der Waals surface area contributed by atoms with Crippen molar-refractivity contribution in [2.75, 3.05) is 0 Å². The molecule has 0 saturated carbocycles. The first-order valence-corrected chi connectivity index (χ1v) is 8.90. The lowest BCUT2D eigenvalue weighted by Gasteiger charge is -2.18. The summed E-state index contributed by atoms with van der Waals surface area (Å²) >= 11 is 0. The molecule has 0 aliphatic rings. The van der Waals surface area contributed by atoms with E-state index in [1.165, 1.54) is 5.56 Å². The number of hydrazone groups is 1. The molecule has 1 amide bonds. The van der Waals surface area contributed by atoms with Crippen LogP contribution in [0.2, 0.25) is 0 Å². The molecule has 0 aliphatic heterocycles. The topological polar surface area (TPSA) is 54.4 Å². The quantitative estimate of drug-likeness (QED) is 0.550. The van der Waals surface area contributed by atoms with Crippen LogP contribution >= 0.6 is 0 Å². The van der Waals surface area contributed by atoms with Gasteiger partial charge in [0.25, 0.3) is 5.91 Å². The molecule has 4 heteroatoms. The van der Waals surface area contributed by atoms with Crippen molar-refractivity contribution in [3.63, 3.8) is 0 Å². The van der Waals surface area contributed by atoms with Crippen LogP contribution in [0.1, 0.15) is 48.0 Å². The Balaban J connectivity index is 1.85. The molecule has 3 aromatic rings. The van der Waals surface area contributed by atoms with Crippen molar-refractivity contribution < 1.29 is 4.79 Å². The van der Waals surface area contributed by atoms with E-state index >= 15 is 0 Å². The highest BCUT2D eigenvalue weighted by atomic mass is 16.2. The second kappa shape index (κ2) is 7.96. The highest BCUT2D eigenvalue weighted by Gasteiger charge is 2.14. The number of nitrogens with one attached hydrogen (secondary N) is 1. The van der Waals surface area contributed by atoms with Crippen LogP contribution < -0.4 is 5.43 Å². The van der Waals surface area contributed by atoms with Crippen LogP contribution in [0, 0.1) is 0 Å². The lowest BCUT2D eigenvalue weighted by molar-refractivity contribution is 0.0955. The standard InChI is InChI=1S/C23H23N3O/c1-23(2,3)19-14-12-18(13-15-19)22(27)26-25-21(17-9-5-4-6-10-17)20-11-7-8-16-24-20/h4-16H,1-3H3,(H,26,27). The average molecular weight is 357 g/mol. The number of pyridine rings is 1. The number of hydrogen-bond acceptors (Lipinski definition) is 3. The van der Waals surface area contributed by atoms with Gasteiger partial charge in [0, 0.05) is 17.3 Å². The lowest BCUT2D eigenvalue weighted by atomic mass is 9.87. The van der Waals surface area contributed by atoms with E-state index in [0.29, 0.717) is 17.0 Å². The number of carbonyl (C=O) groups is 1. The van der Waals surface area contributed by atoms with E-state index in [1.54, 1.807) is 6.20 Å². The van der Waals surface area contributed by atoms with Gasteiger partial charge in [0.05, 0.1) is 5.69 Å². The zero-order chi connectivity index (χ0) is 19.3. The molecule has 4 nitrogen and oxygen atoms in total. The van der Waals surface area contributed by atoms with Crippen LogP contribution in [0.15, 0.2) is 84.1 Å². The SMILES string of the molecule is CC(C)(C)c1ccc(C(=O)NN=C(c2ccccc2)c2ccccn2)cc1. The molecule has 0 bridgehead atoms. The first kappa shape index (κ1) is 18.5. The highest BCUT2D eigenvalue weighted by Crippen LogP contribution is 2.22. The van der Waals surface area contributed by atoms with Gasteiger partial charge in [-0.25, -0.2) is 5.43 Å². The third-order valence-corrected chi connectivity index (χ3v) is 4.24. The molecule has 3 rings (SSSR count). The van der Waals surface area contributed by atoms with Gasteiger partial charge in [-0.1, -0.05) is 69.3 Å². The number of amides is 1. The maximum Gasteiger partial charge on any atom is 0.271 e. The smallest absolute Gasteiger partial charge is 0.267 e. The molecular weight excluding hydrogens is 334 g/mol. The van der Waals surface area contributed by atoms with Crippen molar-refractivity contribution in [2.24, 2.45) is 5.10 Å². The summed E-state index contributed by atoms with van der Waals surface area (Å²) in [5, 5.41) is 4.37. The molecular formula is C23H23N3O. The van der Waals surface area contributed by atoms with E-state index in [0.717, 1.165) is 5.56 Å². The van der Waals surface area contributed by atoms with Crippen molar-refractivity contribution in [3.05, 3.63) is 101 Å². The maximum atomic E-state index is 12.5. The summed E-state index contributed by atoms with van der Waals surface area (Å²) in [5.41, 5.74) is 6.67. The molecule has 1 heterocycles. The van der Waals surface area contributed by atoms with E-state index in [9.17, 15) is 4.79 Å². The fourth-order valence-electron chi connectivity index (χ4n) is 2.66. The van der Waals surface area contributed by atoms with Crippen LogP contribution in [-0.4, -0.2) is 16.6 Å². The Morgan fingerprint density at radius 3 is 2.11 bits per heavy atom. The highest BCUT2D eigenvalue weighted by molar-refractivity contribution is 6.12. The van der Waals surface area contributed by atoms with E-state index in [2.05, 4.69) is 36.3 Å². The minimum Gasteiger partial charge on any atom is -0.267 e. The molecule has 0 saturated heterocycles. The molecule has 27 heavy (non-hydrogen) atoms. The van der Waals surface area contributed by atoms with E-state index in [4.69, 9.17) is 0 Å². The lowest BCUT2D eigenvalue weighted by Crippen LogP contribution is -2.21. The van der Waals surface area contributed by atoms with E-state index in [1.807, 2.05) is 72.8 Å². The largest absolute Gasteiger partial charge is 0.271 e. The van der Waals surface area contributed by atoms with Crippen molar-refractivity contribution in [1.82, 2.24) is 10.4 Å². The Hall–Kier alpha value is -3.27. The summed E-state index contributed by atoms with van der Waals surface area (Å²) < 4.78 is 0. The van der Waals surface area contributed by atoms with Gasteiger partial charge in [-0.3, -0.25) is 9.78 Å². The monoisotopic (exact) mass is 357 g/mol. The molecule has 0 unspecified atom stereocenters. The number of carbonyl (C=O) groups excluding carboxylic acids is 1. The molecule has 1 aromatic heterocycles. The Morgan fingerprint density at radius 2 is 1.52 bits per heavy atom. The number of rotatable bonds is 4. The third kappa shape index (κ3) is 4.67. The number of nitrogens with zero attached hydrogens (tertiary/aromatic N) is 2. The maximum absolute atomic E-state index is 12.5. The van der Waals surface area contributed by atoms with Crippen molar-refractivity contribution >= 4 is 11.6 Å². The molecule has 0 fully saturated rings. The molecule has 0 radical (unpaired) electrons. The summed E-state index contributed by atoms with van der Waals surface area (Å²) in [6.45, 7) is 6.43. The normalized spacial score (nSPS) is 11.9. The second-order valence-corrected chi connectivity index (χ2v) is 7.31. The Labute approximate surface area is 160 Å². The molecule has 0 atom stereocenters. The van der Waals surface area contributed by atoms with Crippen LogP contribution in [0.5, 0.6) is 0 Å². The fourth-order valence-corrected chi connectivity index (χ4v) is 2.66. The van der Waals surface area contributed by atoms with Gasteiger partial charge in [0.1, 0.15) is 5.71 Å². The summed E-state index contributed by atoms with van der Waals surface area (Å²) in [4.78, 5) is 16.9. The first-order valence-electron chi connectivity index (χ1n) is 8.90. The summed E-state index contributed by atoms with van der Waals surface area (Å²) in [7, 11) is 0. The number of hydrogen-bond donors (Lipinski definition) is 1. The van der Waals surface area contributed by atoms with Gasteiger partial charge in [-0.05, 0) is 35.2 Å². The average Bonchev–Trinajstić information content (AvgIpc) is 2.69. The van der Waals surface area contributed by atoms with Crippen molar-refractivity contribution in [1.29, 1.82) is 0 Å². The van der Waals surface area contributed by atoms with E-state index in [-0.39, 0.29) is 11.3 Å². The minimum absolute atomic E-state index is 0.0482. The fraction of sp³-hybridized carbons (Fsp3) is 0.174. The summed E-state index contributed by atoms with van der Waals surface area (Å²) in [5.74, 6) is -0.250. The Kier molecular flexibility index (Phi) is 5.46. The summed E-state index contributed by atoms with van der Waals surface area (Å²) in [6, 6.07) is 22.9. The van der Waals surface area contributed by atoms with E-state index < -0.39 is 0 Å². The minimum atomic E-state index is -0.250. The van der Waals surface area contributed by atoms with Gasteiger partial charge in [0.15, 0.2) is 0 Å². The van der Waals surface area contributed by atoms with Crippen LogP contribution in [0.4, 0.5) is 0 Å². The number of aromatic nitrogens is 1. The zero-order valence-corrected chi connectivity index (χ0v) is 15.8. The molecule has 136 valence electrons. The third-order valence-electron chi connectivity index (χ3n) is 4.24. The van der Waals surface area contributed by atoms with Gasteiger partial charge in [-0.15, -0.1) is 0 Å². The zero-order valence-electron chi connectivity index (χ0n) is 15.8. The first-order chi connectivity index (χ1) is 12.9. The molecule has 2 aromatic carbocycles. The van der Waals surface area contributed by atoms with Crippen molar-refractivity contribution in [2.45, 2.75) is 26.2 Å². The molecule has 0 aliphatic carbocycles. The van der Waals surface area contributed by atoms with Gasteiger partial charge in [0.2, 0.25) is 0 Å².